The first-order chi connectivity index (χ1) is 10.5. The van der Waals surface area contributed by atoms with E-state index in [2.05, 4.69) is 4.98 Å². The highest BCUT2D eigenvalue weighted by molar-refractivity contribution is 5.90. The zero-order valence-corrected chi connectivity index (χ0v) is 12.7. The maximum Gasteiger partial charge on any atom is 0.341 e. The molecule has 0 atom stereocenters. The largest absolute Gasteiger partial charge is 0.477 e. The highest BCUT2D eigenvalue weighted by Crippen LogP contribution is 2.23. The molecule has 0 spiro atoms. The topological polar surface area (TPSA) is 89.0 Å². The molecule has 0 aromatic carbocycles. The van der Waals surface area contributed by atoms with Crippen LogP contribution in [0.3, 0.4) is 0 Å². The van der Waals surface area contributed by atoms with Gasteiger partial charge < -0.3 is 19.5 Å². The van der Waals surface area contributed by atoms with Gasteiger partial charge in [-0.1, -0.05) is 0 Å². The molecule has 1 aromatic heterocycles. The third kappa shape index (κ3) is 3.87. The number of nitrogens with zero attached hydrogens (tertiary/aromatic N) is 2. The molecule has 1 saturated heterocycles. The summed E-state index contributed by atoms with van der Waals surface area (Å²) in [6.07, 6.45) is 1.42. The van der Waals surface area contributed by atoms with Crippen LogP contribution in [0.4, 0.5) is 0 Å². The zero-order valence-electron chi connectivity index (χ0n) is 12.7. The van der Waals surface area contributed by atoms with E-state index in [0.717, 1.165) is 12.8 Å². The maximum atomic E-state index is 11.3. The van der Waals surface area contributed by atoms with E-state index in [1.165, 1.54) is 12.1 Å². The van der Waals surface area contributed by atoms with Crippen LogP contribution in [0.5, 0.6) is 11.8 Å². The third-order valence-corrected chi connectivity index (χ3v) is 3.52. The second kappa shape index (κ2) is 7.11. The van der Waals surface area contributed by atoms with Crippen molar-refractivity contribution in [3.8, 4) is 11.8 Å². The lowest BCUT2D eigenvalue weighted by molar-refractivity contribution is -0.130. The van der Waals surface area contributed by atoms with Crippen LogP contribution in [0.25, 0.3) is 0 Å². The predicted octanol–water partition coefficient (Wildman–Crippen LogP) is 1.57. The average molecular weight is 308 g/mol. The van der Waals surface area contributed by atoms with Gasteiger partial charge in [0.2, 0.25) is 17.7 Å². The molecule has 0 aliphatic carbocycles. The van der Waals surface area contributed by atoms with Gasteiger partial charge in [-0.25, -0.2) is 4.79 Å². The molecule has 0 unspecified atom stereocenters. The number of hydrogen-bond donors (Lipinski definition) is 1. The molecule has 1 amide bonds. The van der Waals surface area contributed by atoms with E-state index < -0.39 is 5.97 Å². The minimum absolute atomic E-state index is 0.0144. The van der Waals surface area contributed by atoms with Crippen molar-refractivity contribution in [3.63, 3.8) is 0 Å². The Morgan fingerprint density at radius 1 is 1.36 bits per heavy atom. The van der Waals surface area contributed by atoms with Gasteiger partial charge in [0.25, 0.3) is 0 Å². The van der Waals surface area contributed by atoms with Gasteiger partial charge in [-0.3, -0.25) is 4.79 Å². The third-order valence-electron chi connectivity index (χ3n) is 3.52. The molecular formula is C15H20N2O5. The van der Waals surface area contributed by atoms with E-state index in [4.69, 9.17) is 14.6 Å². The Labute approximate surface area is 128 Å². The number of piperidine rings is 1. The van der Waals surface area contributed by atoms with Crippen molar-refractivity contribution in [2.45, 2.75) is 32.8 Å². The number of ether oxygens (including phenoxy) is 2. The fraction of sp³-hybridized carbons (Fsp3) is 0.533. The lowest BCUT2D eigenvalue weighted by Gasteiger charge is -2.31. The molecule has 1 aliphatic rings. The Hall–Kier alpha value is -2.31. The van der Waals surface area contributed by atoms with E-state index in [9.17, 15) is 9.59 Å². The van der Waals surface area contributed by atoms with Crippen molar-refractivity contribution in [1.82, 2.24) is 9.88 Å². The molecule has 7 nitrogen and oxygen atoms in total. The molecule has 1 fully saturated rings. The van der Waals surface area contributed by atoms with Gasteiger partial charge in [0.05, 0.1) is 6.61 Å². The summed E-state index contributed by atoms with van der Waals surface area (Å²) in [5, 5.41) is 9.09. The van der Waals surface area contributed by atoms with Gasteiger partial charge in [-0.2, -0.15) is 4.98 Å². The molecule has 120 valence electrons. The van der Waals surface area contributed by atoms with Crippen LogP contribution < -0.4 is 9.47 Å². The number of aromatic nitrogens is 1. The molecule has 2 heterocycles. The van der Waals surface area contributed by atoms with Crippen LogP contribution in [0.2, 0.25) is 0 Å². The lowest BCUT2D eigenvalue weighted by Crippen LogP contribution is -2.40. The molecule has 7 heteroatoms. The summed E-state index contributed by atoms with van der Waals surface area (Å²) in [6.45, 7) is 4.96. The van der Waals surface area contributed by atoms with Gasteiger partial charge in [0.15, 0.2) is 0 Å². The number of carbonyl (C=O) groups is 2. The Morgan fingerprint density at radius 3 is 2.59 bits per heavy atom. The summed E-state index contributed by atoms with van der Waals surface area (Å²) in [5.74, 6) is -0.610. The highest BCUT2D eigenvalue weighted by atomic mass is 16.5. The first kappa shape index (κ1) is 16.1. The number of hydrogen-bond acceptors (Lipinski definition) is 5. The van der Waals surface area contributed by atoms with Crippen molar-refractivity contribution in [2.24, 2.45) is 0 Å². The fourth-order valence-corrected chi connectivity index (χ4v) is 2.36. The SMILES string of the molecule is CCOc1nc(OC2CCN(C(C)=O)CC2)ccc1C(=O)O. The normalized spacial score (nSPS) is 15.5. The Kier molecular flexibility index (Phi) is 5.19. The number of carboxylic acids is 1. The second-order valence-electron chi connectivity index (χ2n) is 5.06. The minimum Gasteiger partial charge on any atom is -0.477 e. The molecule has 1 N–H and O–H groups in total. The summed E-state index contributed by atoms with van der Waals surface area (Å²) in [6, 6.07) is 2.96. The first-order valence-electron chi connectivity index (χ1n) is 7.30. The summed E-state index contributed by atoms with van der Waals surface area (Å²) in [7, 11) is 0. The Morgan fingerprint density at radius 2 is 2.05 bits per heavy atom. The van der Waals surface area contributed by atoms with Crippen molar-refractivity contribution in [1.29, 1.82) is 0 Å². The summed E-state index contributed by atoms with van der Waals surface area (Å²) in [4.78, 5) is 28.3. The van der Waals surface area contributed by atoms with Gasteiger partial charge in [0.1, 0.15) is 11.7 Å². The average Bonchev–Trinajstić information content (AvgIpc) is 2.48. The molecule has 0 saturated carbocycles. The predicted molar refractivity (Wildman–Crippen MR) is 78.3 cm³/mol. The number of aromatic carboxylic acids is 1. The summed E-state index contributed by atoms with van der Waals surface area (Å²) in [5.41, 5.74) is 0.0144. The summed E-state index contributed by atoms with van der Waals surface area (Å²) < 4.78 is 11.0. The van der Waals surface area contributed by atoms with Gasteiger partial charge in [-0.15, -0.1) is 0 Å². The Balaban J connectivity index is 2.03. The van der Waals surface area contributed by atoms with Crippen LogP contribution in [-0.4, -0.2) is 52.7 Å². The number of amides is 1. The lowest BCUT2D eigenvalue weighted by atomic mass is 10.1. The van der Waals surface area contributed by atoms with E-state index in [-0.39, 0.29) is 23.5 Å². The highest BCUT2D eigenvalue weighted by Gasteiger charge is 2.23. The van der Waals surface area contributed by atoms with E-state index in [0.29, 0.717) is 25.6 Å². The van der Waals surface area contributed by atoms with Crippen LogP contribution in [-0.2, 0) is 4.79 Å². The zero-order chi connectivity index (χ0) is 16.1. The molecule has 0 bridgehead atoms. The number of pyridine rings is 1. The Bertz CT molecular complexity index is 553. The number of likely N-dealkylation sites (tertiary alicyclic amines) is 1. The molecule has 1 aliphatic heterocycles. The van der Waals surface area contributed by atoms with Crippen LogP contribution in [0, 0.1) is 0 Å². The van der Waals surface area contributed by atoms with Crippen LogP contribution in [0.15, 0.2) is 12.1 Å². The second-order valence-corrected chi connectivity index (χ2v) is 5.06. The van der Waals surface area contributed by atoms with Gasteiger partial charge in [0, 0.05) is 38.9 Å². The smallest absolute Gasteiger partial charge is 0.341 e. The monoisotopic (exact) mass is 308 g/mol. The number of carbonyl (C=O) groups excluding carboxylic acids is 1. The minimum atomic E-state index is -1.09. The number of carboxylic acid groups (broad SMARTS) is 1. The molecular weight excluding hydrogens is 288 g/mol. The van der Waals surface area contributed by atoms with Crippen LogP contribution >= 0.6 is 0 Å². The number of rotatable bonds is 5. The quantitative estimate of drug-likeness (QED) is 0.888. The standard InChI is InChI=1S/C15H20N2O5/c1-3-21-14-12(15(19)20)4-5-13(16-14)22-11-6-8-17(9-7-11)10(2)18/h4-5,11H,3,6-9H2,1-2H3,(H,19,20). The van der Waals surface area contributed by atoms with Crippen LogP contribution in [0.1, 0.15) is 37.0 Å². The van der Waals surface area contributed by atoms with Gasteiger partial charge in [-0.05, 0) is 13.0 Å². The van der Waals surface area contributed by atoms with Gasteiger partial charge >= 0.3 is 5.97 Å². The van der Waals surface area contributed by atoms with E-state index >= 15 is 0 Å². The first-order valence-corrected chi connectivity index (χ1v) is 7.30. The molecule has 22 heavy (non-hydrogen) atoms. The van der Waals surface area contributed by atoms with Crippen molar-refractivity contribution in [2.75, 3.05) is 19.7 Å². The van der Waals surface area contributed by atoms with Crippen molar-refractivity contribution in [3.05, 3.63) is 17.7 Å². The fourth-order valence-electron chi connectivity index (χ4n) is 2.36. The molecule has 2 rings (SSSR count). The molecule has 0 radical (unpaired) electrons. The maximum absolute atomic E-state index is 11.3. The summed E-state index contributed by atoms with van der Waals surface area (Å²) >= 11 is 0. The van der Waals surface area contributed by atoms with E-state index in [1.807, 2.05) is 0 Å². The van der Waals surface area contributed by atoms with Crippen molar-refractivity contribution < 1.29 is 24.2 Å². The molecule has 1 aromatic rings. The van der Waals surface area contributed by atoms with E-state index in [1.54, 1.807) is 18.7 Å². The van der Waals surface area contributed by atoms with Crippen molar-refractivity contribution >= 4 is 11.9 Å².